The Bertz CT molecular complexity index is 407. The minimum absolute atomic E-state index is 0.102. The zero-order chi connectivity index (χ0) is 10.8. The number of hydrogen-bond donors (Lipinski definition) is 0. The number of rotatable bonds is 2. The summed E-state index contributed by atoms with van der Waals surface area (Å²) in [5, 5.41) is 9.93. The van der Waals surface area contributed by atoms with Crippen LogP contribution in [0.15, 0.2) is 17.5 Å². The van der Waals surface area contributed by atoms with Crippen LogP contribution in [0, 0.1) is 0 Å². The first-order valence-electron chi connectivity index (χ1n) is 5.07. The van der Waals surface area contributed by atoms with Crippen molar-refractivity contribution >= 4 is 11.6 Å². The van der Waals surface area contributed by atoms with E-state index in [2.05, 4.69) is 10.2 Å². The van der Waals surface area contributed by atoms with Crippen molar-refractivity contribution in [3.63, 3.8) is 0 Å². The largest absolute Gasteiger partial charge is 0.275 e. The van der Waals surface area contributed by atoms with Crippen molar-refractivity contribution in [2.45, 2.75) is 19.8 Å². The smallest absolute Gasteiger partial charge is 0.243 e. The Morgan fingerprint density at radius 3 is 2.87 bits per heavy atom. The summed E-state index contributed by atoms with van der Waals surface area (Å²) < 4.78 is 1.74. The Balaban J connectivity index is 2.27. The number of hydrogen-bond acceptors (Lipinski definition) is 3. The van der Waals surface area contributed by atoms with Crippen molar-refractivity contribution in [2.24, 2.45) is 12.1 Å². The lowest BCUT2D eigenvalue weighted by Crippen LogP contribution is -2.31. The minimum Gasteiger partial charge on any atom is -0.275 e. The molecule has 1 aromatic heterocycles. The summed E-state index contributed by atoms with van der Waals surface area (Å²) in [5.41, 5.74) is 1.95. The van der Waals surface area contributed by atoms with Crippen LogP contribution in [0.3, 0.4) is 0 Å². The van der Waals surface area contributed by atoms with Gasteiger partial charge >= 0.3 is 0 Å². The molecule has 0 saturated heterocycles. The molecule has 0 bridgehead atoms. The third-order valence-electron chi connectivity index (χ3n) is 2.44. The molecule has 80 valence electrons. The van der Waals surface area contributed by atoms with E-state index >= 15 is 0 Å². The van der Waals surface area contributed by atoms with Crippen molar-refractivity contribution in [3.05, 3.63) is 18.0 Å². The second-order valence-corrected chi connectivity index (χ2v) is 3.56. The third-order valence-corrected chi connectivity index (χ3v) is 2.44. The Morgan fingerprint density at radius 1 is 1.47 bits per heavy atom. The number of carbonyl (C=O) groups is 1. The monoisotopic (exact) mass is 206 g/mol. The summed E-state index contributed by atoms with van der Waals surface area (Å²) in [5.74, 6) is 0.102. The molecule has 0 fully saturated rings. The maximum absolute atomic E-state index is 11.4. The van der Waals surface area contributed by atoms with Gasteiger partial charge in [-0.05, 0) is 6.92 Å². The highest BCUT2D eigenvalue weighted by Crippen LogP contribution is 2.14. The molecule has 1 aliphatic rings. The zero-order valence-electron chi connectivity index (χ0n) is 8.97. The topological polar surface area (TPSA) is 50.5 Å². The Hall–Kier alpha value is -1.65. The normalized spacial score (nSPS) is 16.8. The summed E-state index contributed by atoms with van der Waals surface area (Å²) in [6.45, 7) is 2.55. The molecule has 0 radical (unpaired) electrons. The second kappa shape index (κ2) is 3.84. The van der Waals surface area contributed by atoms with Gasteiger partial charge in [0.05, 0.1) is 11.9 Å². The molecule has 5 heteroatoms. The molecule has 2 rings (SSSR count). The van der Waals surface area contributed by atoms with Gasteiger partial charge in [0, 0.05) is 38.2 Å². The molecule has 0 aromatic carbocycles. The minimum atomic E-state index is 0.102. The third kappa shape index (κ3) is 1.91. The molecule has 15 heavy (non-hydrogen) atoms. The lowest BCUT2D eigenvalue weighted by Gasteiger charge is -2.21. The van der Waals surface area contributed by atoms with E-state index in [4.69, 9.17) is 0 Å². The highest BCUT2D eigenvalue weighted by molar-refractivity contribution is 6.03. The van der Waals surface area contributed by atoms with Crippen LogP contribution in [0.2, 0.25) is 0 Å². The average Bonchev–Trinajstić information content (AvgIpc) is 2.66. The number of hydrazone groups is 1. The van der Waals surface area contributed by atoms with Crippen molar-refractivity contribution in [1.82, 2.24) is 14.8 Å². The molecule has 1 aliphatic heterocycles. The van der Waals surface area contributed by atoms with Crippen molar-refractivity contribution < 1.29 is 4.79 Å². The van der Waals surface area contributed by atoms with Crippen LogP contribution in [0.4, 0.5) is 0 Å². The van der Waals surface area contributed by atoms with Gasteiger partial charge < -0.3 is 0 Å². The van der Waals surface area contributed by atoms with E-state index in [-0.39, 0.29) is 5.91 Å². The van der Waals surface area contributed by atoms with Gasteiger partial charge in [0.25, 0.3) is 0 Å². The SMILES string of the molecule is CCN1N=C(c2cnn(C)c2)CCC1=O. The van der Waals surface area contributed by atoms with E-state index in [0.29, 0.717) is 19.4 Å². The van der Waals surface area contributed by atoms with E-state index in [1.165, 1.54) is 5.01 Å². The summed E-state index contributed by atoms with van der Waals surface area (Å²) in [7, 11) is 1.87. The summed E-state index contributed by atoms with van der Waals surface area (Å²) in [6, 6.07) is 0. The van der Waals surface area contributed by atoms with Gasteiger partial charge in [0.2, 0.25) is 5.91 Å². The van der Waals surface area contributed by atoms with Crippen molar-refractivity contribution in [1.29, 1.82) is 0 Å². The maximum atomic E-state index is 11.4. The van der Waals surface area contributed by atoms with Crippen LogP contribution in [0.1, 0.15) is 25.3 Å². The van der Waals surface area contributed by atoms with Gasteiger partial charge in [-0.3, -0.25) is 9.48 Å². The molecule has 1 amide bonds. The van der Waals surface area contributed by atoms with Gasteiger partial charge in [-0.15, -0.1) is 0 Å². The second-order valence-electron chi connectivity index (χ2n) is 3.56. The van der Waals surface area contributed by atoms with E-state index in [9.17, 15) is 4.79 Å². The average molecular weight is 206 g/mol. The van der Waals surface area contributed by atoms with E-state index in [1.54, 1.807) is 10.9 Å². The molecule has 0 saturated carbocycles. The molecular weight excluding hydrogens is 192 g/mol. The standard InChI is InChI=1S/C10H14N4O/c1-3-14-10(15)5-4-9(12-14)8-6-11-13(2)7-8/h6-7H,3-5H2,1-2H3. The fourth-order valence-electron chi connectivity index (χ4n) is 1.63. The molecule has 0 N–H and O–H groups in total. The fourth-order valence-corrected chi connectivity index (χ4v) is 1.63. The number of nitrogens with zero attached hydrogens (tertiary/aromatic N) is 4. The predicted octanol–water partition coefficient (Wildman–Crippen LogP) is 0.766. The van der Waals surface area contributed by atoms with Crippen LogP contribution in [0.25, 0.3) is 0 Å². The molecule has 1 aromatic rings. The number of aromatic nitrogens is 2. The van der Waals surface area contributed by atoms with Crippen molar-refractivity contribution in [3.8, 4) is 0 Å². The van der Waals surface area contributed by atoms with Crippen LogP contribution < -0.4 is 0 Å². The predicted molar refractivity (Wildman–Crippen MR) is 56.4 cm³/mol. The van der Waals surface area contributed by atoms with Gasteiger partial charge in [0.15, 0.2) is 0 Å². The molecular formula is C10H14N4O. The first-order chi connectivity index (χ1) is 7.20. The Kier molecular flexibility index (Phi) is 2.53. The Labute approximate surface area is 88.4 Å². The number of aryl methyl sites for hydroxylation is 1. The van der Waals surface area contributed by atoms with E-state index in [0.717, 1.165) is 11.3 Å². The number of amides is 1. The highest BCUT2D eigenvalue weighted by atomic mass is 16.2. The molecule has 2 heterocycles. The summed E-state index contributed by atoms with van der Waals surface area (Å²) >= 11 is 0. The fraction of sp³-hybridized carbons (Fsp3) is 0.500. The molecule has 0 atom stereocenters. The summed E-state index contributed by atoms with van der Waals surface area (Å²) in [4.78, 5) is 11.4. The first kappa shape index (κ1) is 9.89. The van der Waals surface area contributed by atoms with E-state index in [1.807, 2.05) is 20.2 Å². The molecule has 0 aliphatic carbocycles. The van der Waals surface area contributed by atoms with Gasteiger partial charge in [-0.1, -0.05) is 0 Å². The van der Waals surface area contributed by atoms with Gasteiger partial charge in [0.1, 0.15) is 0 Å². The zero-order valence-corrected chi connectivity index (χ0v) is 8.97. The lowest BCUT2D eigenvalue weighted by molar-refractivity contribution is -0.131. The quantitative estimate of drug-likeness (QED) is 0.717. The van der Waals surface area contributed by atoms with E-state index < -0.39 is 0 Å². The highest BCUT2D eigenvalue weighted by Gasteiger charge is 2.20. The van der Waals surface area contributed by atoms with Crippen LogP contribution in [-0.2, 0) is 11.8 Å². The van der Waals surface area contributed by atoms with Gasteiger partial charge in [-0.2, -0.15) is 10.2 Å². The van der Waals surface area contributed by atoms with Crippen molar-refractivity contribution in [2.75, 3.05) is 6.54 Å². The van der Waals surface area contributed by atoms with Crippen LogP contribution >= 0.6 is 0 Å². The Morgan fingerprint density at radius 2 is 2.27 bits per heavy atom. The molecule has 0 unspecified atom stereocenters. The van der Waals surface area contributed by atoms with Crippen LogP contribution in [-0.4, -0.2) is 33.0 Å². The van der Waals surface area contributed by atoms with Gasteiger partial charge in [-0.25, -0.2) is 5.01 Å². The number of carbonyl (C=O) groups excluding carboxylic acids is 1. The first-order valence-corrected chi connectivity index (χ1v) is 5.07. The maximum Gasteiger partial charge on any atom is 0.243 e. The van der Waals surface area contributed by atoms with Crippen LogP contribution in [0.5, 0.6) is 0 Å². The summed E-state index contributed by atoms with van der Waals surface area (Å²) in [6.07, 6.45) is 4.95. The molecule has 0 spiro atoms. The lowest BCUT2D eigenvalue weighted by atomic mass is 10.1. The molecule has 5 nitrogen and oxygen atoms in total.